The maximum absolute atomic E-state index is 13.2. The second-order valence-electron chi connectivity index (χ2n) is 7.16. The summed E-state index contributed by atoms with van der Waals surface area (Å²) in [6.07, 6.45) is 1.90. The fourth-order valence-electron chi connectivity index (χ4n) is 3.31. The molecule has 11 nitrogen and oxygen atoms in total. The average Bonchev–Trinajstić information content (AvgIpc) is 3.21. The van der Waals surface area contributed by atoms with Crippen molar-refractivity contribution in [3.05, 3.63) is 36.0 Å². The van der Waals surface area contributed by atoms with Crippen LogP contribution in [0.4, 0.5) is 5.82 Å². The minimum atomic E-state index is -4.50. The lowest BCUT2D eigenvalue weighted by Crippen LogP contribution is -2.24. The Morgan fingerprint density at radius 3 is 2.42 bits per heavy atom. The van der Waals surface area contributed by atoms with E-state index in [4.69, 9.17) is 16.6 Å². The predicted octanol–water partition coefficient (Wildman–Crippen LogP) is 0.907. The molecule has 1 aromatic heterocycles. The first-order chi connectivity index (χ1) is 14.5. The maximum Gasteiger partial charge on any atom is 0.240 e. The van der Waals surface area contributed by atoms with Crippen LogP contribution in [0.25, 0.3) is 11.1 Å². The number of amidine groups is 1. The molecule has 0 fully saturated rings. The summed E-state index contributed by atoms with van der Waals surface area (Å²) in [7, 11) is -8.53. The van der Waals surface area contributed by atoms with Crippen LogP contribution in [0.3, 0.4) is 0 Å². The van der Waals surface area contributed by atoms with Gasteiger partial charge in [0.15, 0.2) is 22.3 Å². The minimum absolute atomic E-state index is 0.0106. The summed E-state index contributed by atoms with van der Waals surface area (Å²) in [6.45, 7) is 2.03. The smallest absolute Gasteiger partial charge is 0.240 e. The van der Waals surface area contributed by atoms with Gasteiger partial charge in [-0.25, -0.2) is 32.0 Å². The molecule has 2 aromatic rings. The summed E-state index contributed by atoms with van der Waals surface area (Å²) < 4.78 is 51.6. The summed E-state index contributed by atoms with van der Waals surface area (Å²) in [6, 6.07) is 5.87. The number of rotatable bonds is 8. The van der Waals surface area contributed by atoms with Gasteiger partial charge in [0, 0.05) is 11.8 Å². The van der Waals surface area contributed by atoms with Gasteiger partial charge >= 0.3 is 0 Å². The van der Waals surface area contributed by atoms with Crippen LogP contribution in [-0.4, -0.2) is 46.6 Å². The second-order valence-corrected chi connectivity index (χ2v) is 10.7. The van der Waals surface area contributed by atoms with Crippen molar-refractivity contribution in [2.24, 2.45) is 32.0 Å². The molecule has 0 amide bonds. The number of aromatic nitrogens is 1. The van der Waals surface area contributed by atoms with E-state index in [0.29, 0.717) is 24.1 Å². The van der Waals surface area contributed by atoms with E-state index in [1.54, 1.807) is 13.0 Å². The van der Waals surface area contributed by atoms with Gasteiger partial charge in [-0.2, -0.15) is 5.11 Å². The van der Waals surface area contributed by atoms with E-state index in [-0.39, 0.29) is 35.6 Å². The lowest BCUT2D eigenvalue weighted by atomic mass is 10.00. The number of nitrogens with two attached hydrogens (primary N) is 3. The first-order valence-electron chi connectivity index (χ1n) is 9.31. The van der Waals surface area contributed by atoms with Crippen molar-refractivity contribution in [3.8, 4) is 11.1 Å². The maximum atomic E-state index is 13.2. The van der Waals surface area contributed by atoms with Crippen molar-refractivity contribution in [3.63, 3.8) is 0 Å². The standard InChI is InChI=1S/C18H23N7O4S2/c1-11(6-7-19)9-30(26,27)14-4-3-13(12-2-5-15(20)22-8-12)16(17(14)31(21,28)29)18-23-10-24-25-18/h2-5,8,11H,6-7,9-10,19H2,1H3,(H2,20,22)(H2,21,28,29)/t11-/m1/s1. The Morgan fingerprint density at radius 1 is 1.13 bits per heavy atom. The van der Waals surface area contributed by atoms with E-state index in [0.717, 1.165) is 0 Å². The average molecular weight is 466 g/mol. The van der Waals surface area contributed by atoms with Gasteiger partial charge in [-0.3, -0.25) is 0 Å². The lowest BCUT2D eigenvalue weighted by Gasteiger charge is -2.18. The normalized spacial score (nSPS) is 15.1. The SMILES string of the molecule is C[C@H](CCN)CS(=O)(=O)c1ccc(-c2ccc(N)nc2)c(C2=NCN=N2)c1S(N)(=O)=O. The molecule has 1 aliphatic heterocycles. The van der Waals surface area contributed by atoms with Gasteiger partial charge < -0.3 is 11.5 Å². The fraction of sp³-hybridized carbons (Fsp3) is 0.333. The molecule has 0 saturated heterocycles. The molecule has 3 rings (SSSR count). The molecule has 1 aliphatic rings. The Labute approximate surface area is 180 Å². The highest BCUT2D eigenvalue weighted by atomic mass is 32.2. The van der Waals surface area contributed by atoms with Gasteiger partial charge in [0.2, 0.25) is 10.0 Å². The number of hydrogen-bond acceptors (Lipinski definition) is 10. The zero-order valence-corrected chi connectivity index (χ0v) is 18.4. The number of nitrogen functional groups attached to an aromatic ring is 1. The summed E-state index contributed by atoms with van der Waals surface area (Å²) in [5, 5.41) is 13.2. The van der Waals surface area contributed by atoms with Crippen LogP contribution in [0, 0.1) is 5.92 Å². The van der Waals surface area contributed by atoms with Gasteiger partial charge in [-0.1, -0.05) is 13.0 Å². The first-order valence-corrected chi connectivity index (χ1v) is 12.5. The van der Waals surface area contributed by atoms with Crippen molar-refractivity contribution in [1.29, 1.82) is 0 Å². The van der Waals surface area contributed by atoms with E-state index in [1.165, 1.54) is 24.4 Å². The highest BCUT2D eigenvalue weighted by molar-refractivity contribution is 7.93. The molecule has 0 unspecified atom stereocenters. The van der Waals surface area contributed by atoms with Gasteiger partial charge in [-0.05, 0) is 42.6 Å². The molecule has 0 aliphatic carbocycles. The second kappa shape index (κ2) is 8.78. The Morgan fingerprint density at radius 2 is 1.87 bits per heavy atom. The number of primary sulfonamides is 1. The van der Waals surface area contributed by atoms with Crippen LogP contribution in [-0.2, 0) is 19.9 Å². The van der Waals surface area contributed by atoms with E-state index >= 15 is 0 Å². The van der Waals surface area contributed by atoms with Gasteiger partial charge in [0.1, 0.15) is 10.7 Å². The molecule has 0 spiro atoms. The van der Waals surface area contributed by atoms with E-state index in [9.17, 15) is 16.8 Å². The van der Waals surface area contributed by atoms with Crippen molar-refractivity contribution in [2.45, 2.75) is 23.1 Å². The number of anilines is 1. The number of benzene rings is 1. The molecule has 1 atom stereocenters. The fourth-order valence-corrected chi connectivity index (χ4v) is 6.63. The molecule has 0 saturated carbocycles. The van der Waals surface area contributed by atoms with E-state index in [2.05, 4.69) is 20.2 Å². The van der Waals surface area contributed by atoms with Crippen molar-refractivity contribution in [2.75, 3.05) is 24.7 Å². The van der Waals surface area contributed by atoms with Crippen LogP contribution in [0.15, 0.2) is 55.5 Å². The molecule has 166 valence electrons. The Kier molecular flexibility index (Phi) is 6.50. The number of aliphatic imine (C=N–C) groups is 1. The molecule has 2 heterocycles. The molecule has 1 aromatic carbocycles. The number of azo groups is 1. The van der Waals surface area contributed by atoms with Crippen LogP contribution in [0.1, 0.15) is 18.9 Å². The van der Waals surface area contributed by atoms with Crippen molar-refractivity contribution >= 4 is 31.5 Å². The van der Waals surface area contributed by atoms with Gasteiger partial charge in [0.25, 0.3) is 0 Å². The quantitative estimate of drug-likeness (QED) is 0.514. The summed E-state index contributed by atoms with van der Waals surface area (Å²) in [5.41, 5.74) is 12.0. The lowest BCUT2D eigenvalue weighted by molar-refractivity contribution is 0.551. The molecular weight excluding hydrogens is 442 g/mol. The molecule has 0 radical (unpaired) electrons. The first kappa shape index (κ1) is 22.9. The Hall–Kier alpha value is -2.74. The highest BCUT2D eigenvalue weighted by Crippen LogP contribution is 2.35. The zero-order chi connectivity index (χ0) is 22.8. The molecule has 6 N–H and O–H groups in total. The number of sulfone groups is 1. The summed E-state index contributed by atoms with van der Waals surface area (Å²) in [5.74, 6) is -0.328. The third-order valence-corrected chi connectivity index (χ3v) is 7.82. The molecule has 13 heteroatoms. The molecule has 0 bridgehead atoms. The number of pyridine rings is 1. The van der Waals surface area contributed by atoms with Gasteiger partial charge in [-0.15, -0.1) is 5.11 Å². The largest absolute Gasteiger partial charge is 0.384 e. The van der Waals surface area contributed by atoms with Crippen molar-refractivity contribution < 1.29 is 16.8 Å². The topological polar surface area (TPSA) is 196 Å². The predicted molar refractivity (Wildman–Crippen MR) is 117 cm³/mol. The third kappa shape index (κ3) is 4.95. The Balaban J connectivity index is 2.34. The summed E-state index contributed by atoms with van der Waals surface area (Å²) in [4.78, 5) is 7.14. The monoisotopic (exact) mass is 465 g/mol. The summed E-state index contributed by atoms with van der Waals surface area (Å²) >= 11 is 0. The van der Waals surface area contributed by atoms with Crippen molar-refractivity contribution in [1.82, 2.24) is 4.98 Å². The van der Waals surface area contributed by atoms with E-state index in [1.807, 2.05) is 0 Å². The number of hydrogen-bond donors (Lipinski definition) is 3. The Bertz CT molecular complexity index is 1250. The number of sulfonamides is 1. The van der Waals surface area contributed by atoms with Gasteiger partial charge in [0.05, 0.1) is 16.2 Å². The van der Waals surface area contributed by atoms with Crippen LogP contribution >= 0.6 is 0 Å². The molecule has 31 heavy (non-hydrogen) atoms. The van der Waals surface area contributed by atoms with E-state index < -0.39 is 29.7 Å². The number of nitrogens with zero attached hydrogens (tertiary/aromatic N) is 4. The van der Waals surface area contributed by atoms with Crippen LogP contribution in [0.2, 0.25) is 0 Å². The minimum Gasteiger partial charge on any atom is -0.384 e. The van der Waals surface area contributed by atoms with Crippen LogP contribution in [0.5, 0.6) is 0 Å². The molecular formula is C18H23N7O4S2. The third-order valence-electron chi connectivity index (χ3n) is 4.67. The highest BCUT2D eigenvalue weighted by Gasteiger charge is 2.33. The zero-order valence-electron chi connectivity index (χ0n) is 16.8. The van der Waals surface area contributed by atoms with Crippen LogP contribution < -0.4 is 16.6 Å².